The Hall–Kier alpha value is -2.70. The molecular weight excluding hydrogens is 378 g/mol. The summed E-state index contributed by atoms with van der Waals surface area (Å²) in [4.78, 5) is 18.8. The highest BCUT2D eigenvalue weighted by Crippen LogP contribution is 2.49. The second-order valence-electron chi connectivity index (χ2n) is 8.63. The smallest absolute Gasteiger partial charge is 0.339 e. The van der Waals surface area contributed by atoms with Crippen molar-refractivity contribution in [1.29, 1.82) is 0 Å². The lowest BCUT2D eigenvalue weighted by atomic mass is 9.69. The zero-order valence-corrected chi connectivity index (χ0v) is 17.7. The van der Waals surface area contributed by atoms with Crippen molar-refractivity contribution in [3.63, 3.8) is 0 Å². The van der Waals surface area contributed by atoms with E-state index in [-0.39, 0.29) is 17.9 Å². The van der Waals surface area contributed by atoms with Gasteiger partial charge in [-0.3, -0.25) is 9.88 Å². The molecule has 1 fully saturated rings. The number of rotatable bonds is 4. The van der Waals surface area contributed by atoms with Gasteiger partial charge >= 0.3 is 5.97 Å². The maximum atomic E-state index is 12.4. The van der Waals surface area contributed by atoms with E-state index >= 15 is 0 Å². The van der Waals surface area contributed by atoms with E-state index in [2.05, 4.69) is 52.9 Å². The molecule has 1 aliphatic heterocycles. The summed E-state index contributed by atoms with van der Waals surface area (Å²) in [5, 5.41) is 1.32. The third-order valence-corrected chi connectivity index (χ3v) is 6.88. The molecule has 0 unspecified atom stereocenters. The van der Waals surface area contributed by atoms with Crippen molar-refractivity contribution in [2.45, 2.75) is 24.5 Å². The lowest BCUT2D eigenvalue weighted by molar-refractivity contribution is -0.131. The number of likely N-dealkylation sites (N-methyl/N-ethyl adjacent to an activating group) is 1. The van der Waals surface area contributed by atoms with E-state index in [1.807, 2.05) is 7.11 Å². The first-order valence-electron chi connectivity index (χ1n) is 10.4. The quantitative estimate of drug-likeness (QED) is 0.624. The standard InChI is InChI=1S/C24H27N3O3/c1-26-14-18-10-21-24(29-3,19-7-4-8-20(26)22(18)19)11-16(13-27(21)2)15-30-23(28)17-6-5-9-25-12-17/h4-9,12,14,16,21H,10-11,13,15H2,1-3H3/t16-,21-,24+/m1/s1. The number of likely N-dealkylation sites (tertiary alicyclic amines) is 1. The molecule has 1 aliphatic carbocycles. The predicted molar refractivity (Wildman–Crippen MR) is 114 cm³/mol. The van der Waals surface area contributed by atoms with Gasteiger partial charge in [-0.2, -0.15) is 0 Å². The number of carbonyl (C=O) groups excluding carboxylic acids is 1. The molecule has 0 bridgehead atoms. The van der Waals surface area contributed by atoms with E-state index in [4.69, 9.17) is 9.47 Å². The van der Waals surface area contributed by atoms with Crippen molar-refractivity contribution in [3.8, 4) is 0 Å². The maximum Gasteiger partial charge on any atom is 0.339 e. The topological polar surface area (TPSA) is 56.6 Å². The Morgan fingerprint density at radius 2 is 2.13 bits per heavy atom. The highest BCUT2D eigenvalue weighted by atomic mass is 16.5. The summed E-state index contributed by atoms with van der Waals surface area (Å²) in [6.07, 6.45) is 7.23. The summed E-state index contributed by atoms with van der Waals surface area (Å²) in [6.45, 7) is 1.24. The summed E-state index contributed by atoms with van der Waals surface area (Å²) in [5.74, 6) is -0.136. The fourth-order valence-electron chi connectivity index (χ4n) is 5.59. The number of hydrogen-bond acceptors (Lipinski definition) is 5. The monoisotopic (exact) mass is 405 g/mol. The van der Waals surface area contributed by atoms with E-state index in [1.165, 1.54) is 22.0 Å². The molecule has 0 spiro atoms. The summed E-state index contributed by atoms with van der Waals surface area (Å²) in [5.41, 5.74) is 3.95. The number of fused-ring (bicyclic) bond motifs is 2. The van der Waals surface area contributed by atoms with Crippen LogP contribution in [0, 0.1) is 5.92 Å². The van der Waals surface area contributed by atoms with Crippen LogP contribution in [0.5, 0.6) is 0 Å². The van der Waals surface area contributed by atoms with Crippen molar-refractivity contribution >= 4 is 16.9 Å². The number of esters is 1. The molecule has 30 heavy (non-hydrogen) atoms. The second-order valence-corrected chi connectivity index (χ2v) is 8.63. The fourth-order valence-corrected chi connectivity index (χ4v) is 5.59. The van der Waals surface area contributed by atoms with Crippen LogP contribution < -0.4 is 0 Å². The van der Waals surface area contributed by atoms with Gasteiger partial charge in [0.1, 0.15) is 5.60 Å². The largest absolute Gasteiger partial charge is 0.462 e. The van der Waals surface area contributed by atoms with Crippen LogP contribution in [0.1, 0.15) is 27.9 Å². The average Bonchev–Trinajstić information content (AvgIpc) is 3.10. The first kappa shape index (κ1) is 19.3. The van der Waals surface area contributed by atoms with Gasteiger partial charge in [-0.1, -0.05) is 12.1 Å². The summed E-state index contributed by atoms with van der Waals surface area (Å²) < 4.78 is 14.2. The Morgan fingerprint density at radius 1 is 1.27 bits per heavy atom. The van der Waals surface area contributed by atoms with E-state index in [1.54, 1.807) is 24.5 Å². The van der Waals surface area contributed by atoms with Crippen LogP contribution >= 0.6 is 0 Å². The van der Waals surface area contributed by atoms with Gasteiger partial charge in [0, 0.05) is 62.2 Å². The minimum Gasteiger partial charge on any atom is -0.462 e. The van der Waals surface area contributed by atoms with Crippen LogP contribution in [0.2, 0.25) is 0 Å². The van der Waals surface area contributed by atoms with Crippen molar-refractivity contribution in [2.75, 3.05) is 27.3 Å². The molecule has 0 saturated carbocycles. The van der Waals surface area contributed by atoms with Crippen LogP contribution in [0.25, 0.3) is 10.9 Å². The molecule has 0 N–H and O–H groups in total. The van der Waals surface area contributed by atoms with E-state index in [9.17, 15) is 4.79 Å². The lowest BCUT2D eigenvalue weighted by Gasteiger charge is -2.53. The van der Waals surface area contributed by atoms with Gasteiger partial charge in [-0.05, 0) is 49.2 Å². The van der Waals surface area contributed by atoms with Crippen molar-refractivity contribution in [2.24, 2.45) is 13.0 Å². The number of carbonyl (C=O) groups is 1. The van der Waals surface area contributed by atoms with Crippen molar-refractivity contribution in [1.82, 2.24) is 14.5 Å². The third-order valence-electron chi connectivity index (χ3n) is 6.88. The molecule has 3 atom stereocenters. The maximum absolute atomic E-state index is 12.4. The number of benzene rings is 1. The molecule has 6 nitrogen and oxygen atoms in total. The number of aromatic nitrogens is 2. The molecule has 2 aromatic heterocycles. The number of ether oxygens (including phenoxy) is 2. The molecule has 3 aromatic rings. The van der Waals surface area contributed by atoms with Gasteiger partial charge < -0.3 is 14.0 Å². The molecular formula is C24H27N3O3. The van der Waals surface area contributed by atoms with Crippen molar-refractivity contribution < 1.29 is 14.3 Å². The normalized spacial score (nSPS) is 25.8. The number of piperidine rings is 1. The van der Waals surface area contributed by atoms with Gasteiger partial charge in [-0.15, -0.1) is 0 Å². The third kappa shape index (κ3) is 2.86. The zero-order chi connectivity index (χ0) is 20.9. The fraction of sp³-hybridized carbons (Fsp3) is 0.417. The Bertz CT molecular complexity index is 1090. The molecule has 5 rings (SSSR count). The average molecular weight is 405 g/mol. The van der Waals surface area contributed by atoms with Crippen LogP contribution in [-0.2, 0) is 28.5 Å². The van der Waals surface area contributed by atoms with Crippen molar-refractivity contribution in [3.05, 3.63) is 65.6 Å². The summed E-state index contributed by atoms with van der Waals surface area (Å²) in [7, 11) is 6.08. The molecule has 0 amide bonds. The zero-order valence-electron chi connectivity index (χ0n) is 17.7. The number of pyridine rings is 1. The second kappa shape index (κ2) is 7.22. The number of hydrogen-bond donors (Lipinski definition) is 0. The Balaban J connectivity index is 1.45. The Kier molecular flexibility index (Phi) is 4.64. The van der Waals surface area contributed by atoms with Gasteiger partial charge in [0.2, 0.25) is 0 Å². The minimum atomic E-state index is -0.410. The van der Waals surface area contributed by atoms with E-state index in [0.717, 1.165) is 19.4 Å². The van der Waals surface area contributed by atoms with Gasteiger partial charge in [-0.25, -0.2) is 4.79 Å². The van der Waals surface area contributed by atoms with Crippen LogP contribution in [0.4, 0.5) is 0 Å². The Labute approximate surface area is 176 Å². The number of nitrogens with zero attached hydrogens (tertiary/aromatic N) is 3. The van der Waals surface area contributed by atoms with Crippen LogP contribution in [-0.4, -0.2) is 53.8 Å². The highest BCUT2D eigenvalue weighted by molar-refractivity contribution is 5.90. The number of aryl methyl sites for hydroxylation is 1. The molecule has 1 saturated heterocycles. The van der Waals surface area contributed by atoms with Gasteiger partial charge in [0.15, 0.2) is 0 Å². The van der Waals surface area contributed by atoms with Crippen LogP contribution in [0.3, 0.4) is 0 Å². The first-order chi connectivity index (χ1) is 14.5. The van der Waals surface area contributed by atoms with E-state index in [0.29, 0.717) is 12.2 Å². The van der Waals surface area contributed by atoms with Gasteiger partial charge in [0.05, 0.1) is 12.2 Å². The first-order valence-corrected chi connectivity index (χ1v) is 10.4. The molecule has 6 heteroatoms. The van der Waals surface area contributed by atoms with Crippen LogP contribution in [0.15, 0.2) is 48.9 Å². The molecule has 2 aliphatic rings. The predicted octanol–water partition coefficient (Wildman–Crippen LogP) is 3.15. The molecule has 156 valence electrons. The van der Waals surface area contributed by atoms with E-state index < -0.39 is 5.60 Å². The van der Waals surface area contributed by atoms with Gasteiger partial charge in [0.25, 0.3) is 0 Å². The molecule has 0 radical (unpaired) electrons. The highest BCUT2D eigenvalue weighted by Gasteiger charge is 2.51. The molecule has 1 aromatic carbocycles. The SMILES string of the molecule is CO[C@]12C[C@@H](COC(=O)c3cccnc3)CN(C)[C@@H]1Cc1cn(C)c3cccc2c13. The Morgan fingerprint density at radius 3 is 2.90 bits per heavy atom. The molecule has 3 heterocycles. The number of methoxy groups -OCH3 is 1. The summed E-state index contributed by atoms with van der Waals surface area (Å²) >= 11 is 0. The summed E-state index contributed by atoms with van der Waals surface area (Å²) in [6, 6.07) is 10.2. The minimum absolute atomic E-state index is 0.187. The lowest BCUT2D eigenvalue weighted by Crippen LogP contribution is -2.59.